The summed E-state index contributed by atoms with van der Waals surface area (Å²) in [6, 6.07) is 7.67. The Hall–Kier alpha value is -2.71. The number of hydrogen-bond donors (Lipinski definition) is 1. The summed E-state index contributed by atoms with van der Waals surface area (Å²) in [6.07, 6.45) is 1.16. The third-order valence-corrected chi connectivity index (χ3v) is 5.07. The van der Waals surface area contributed by atoms with Gasteiger partial charge in [0.25, 0.3) is 11.8 Å². The highest BCUT2D eigenvalue weighted by atomic mass is 35.5. The van der Waals surface area contributed by atoms with Crippen LogP contribution in [0.5, 0.6) is 0 Å². The molecule has 3 amide bonds. The summed E-state index contributed by atoms with van der Waals surface area (Å²) in [7, 11) is 0. The molecule has 0 unspecified atom stereocenters. The first-order valence-corrected chi connectivity index (χ1v) is 9.36. The van der Waals surface area contributed by atoms with Crippen molar-refractivity contribution in [2.45, 2.75) is 12.8 Å². The molecule has 9 heteroatoms. The zero-order valence-electron chi connectivity index (χ0n) is 14.1. The smallest absolute Gasteiger partial charge is 0.338 e. The van der Waals surface area contributed by atoms with E-state index in [1.165, 1.54) is 34.4 Å². The molecule has 1 N–H and O–H groups in total. The first-order chi connectivity index (χ1) is 13.0. The summed E-state index contributed by atoms with van der Waals surface area (Å²) >= 11 is 7.33. The van der Waals surface area contributed by atoms with Crippen molar-refractivity contribution < 1.29 is 23.9 Å². The Morgan fingerprint density at radius 2 is 2.07 bits per heavy atom. The van der Waals surface area contributed by atoms with Crippen LogP contribution < -0.4 is 10.2 Å². The maximum absolute atomic E-state index is 12.2. The minimum Gasteiger partial charge on any atom is -0.452 e. The van der Waals surface area contributed by atoms with E-state index in [2.05, 4.69) is 5.32 Å². The predicted octanol–water partition coefficient (Wildman–Crippen LogP) is 2.64. The Morgan fingerprint density at radius 3 is 2.74 bits per heavy atom. The first-order valence-electron chi connectivity index (χ1n) is 8.10. The molecule has 1 aromatic heterocycles. The number of carbonyl (C=O) groups excluding carboxylic acids is 4. The molecule has 140 valence electrons. The van der Waals surface area contributed by atoms with Gasteiger partial charge >= 0.3 is 5.97 Å². The van der Waals surface area contributed by atoms with E-state index in [-0.39, 0.29) is 11.5 Å². The monoisotopic (exact) mass is 406 g/mol. The van der Waals surface area contributed by atoms with E-state index >= 15 is 0 Å². The molecule has 1 fully saturated rings. The van der Waals surface area contributed by atoms with Gasteiger partial charge in [-0.3, -0.25) is 19.7 Å². The lowest BCUT2D eigenvalue weighted by molar-refractivity contribution is -0.123. The van der Waals surface area contributed by atoms with Crippen molar-refractivity contribution in [1.29, 1.82) is 0 Å². The predicted molar refractivity (Wildman–Crippen MR) is 100 cm³/mol. The Balaban J connectivity index is 1.60. The third-order valence-electron chi connectivity index (χ3n) is 3.88. The van der Waals surface area contributed by atoms with Gasteiger partial charge in [0.05, 0.1) is 21.2 Å². The van der Waals surface area contributed by atoms with Crippen LogP contribution in [0.3, 0.4) is 0 Å². The van der Waals surface area contributed by atoms with Crippen molar-refractivity contribution >= 4 is 52.3 Å². The van der Waals surface area contributed by atoms with Crippen LogP contribution in [0.1, 0.15) is 32.9 Å². The number of amides is 3. The fourth-order valence-electron chi connectivity index (χ4n) is 2.60. The number of carbonyl (C=O) groups is 4. The standard InChI is InChI=1S/C18H15ClN2O5S/c19-12-6-5-11(9-13(12)21-7-1-4-16(21)23)18(25)26-10-15(22)20-17(24)14-3-2-8-27-14/h2-3,5-6,8-9H,1,4,7,10H2,(H,20,22,24). The van der Waals surface area contributed by atoms with Gasteiger partial charge in [-0.1, -0.05) is 17.7 Å². The zero-order chi connectivity index (χ0) is 19.4. The maximum Gasteiger partial charge on any atom is 0.338 e. The van der Waals surface area contributed by atoms with E-state index in [4.69, 9.17) is 16.3 Å². The molecule has 0 bridgehead atoms. The largest absolute Gasteiger partial charge is 0.452 e. The number of hydrogen-bond acceptors (Lipinski definition) is 6. The van der Waals surface area contributed by atoms with Gasteiger partial charge in [-0.05, 0) is 36.1 Å². The second-order valence-electron chi connectivity index (χ2n) is 5.75. The minimum atomic E-state index is -0.752. The Labute approximate surface area is 163 Å². The number of nitrogens with zero attached hydrogens (tertiary/aromatic N) is 1. The number of nitrogens with one attached hydrogen (secondary N) is 1. The maximum atomic E-state index is 12.2. The van der Waals surface area contributed by atoms with Crippen LogP contribution in [-0.4, -0.2) is 36.8 Å². The van der Waals surface area contributed by atoms with Gasteiger partial charge in [0, 0.05) is 13.0 Å². The molecule has 7 nitrogen and oxygen atoms in total. The average molecular weight is 407 g/mol. The number of halogens is 1. The van der Waals surface area contributed by atoms with Crippen LogP contribution in [0, 0.1) is 0 Å². The van der Waals surface area contributed by atoms with Crippen molar-refractivity contribution in [2.75, 3.05) is 18.1 Å². The van der Waals surface area contributed by atoms with Gasteiger partial charge in [0.15, 0.2) is 6.61 Å². The summed E-state index contributed by atoms with van der Waals surface area (Å²) in [4.78, 5) is 49.5. The second kappa shape index (κ2) is 8.32. The Kier molecular flexibility index (Phi) is 5.88. The van der Waals surface area contributed by atoms with E-state index in [1.807, 2.05) is 0 Å². The number of rotatable bonds is 5. The number of esters is 1. The fourth-order valence-corrected chi connectivity index (χ4v) is 3.43. The van der Waals surface area contributed by atoms with Crippen molar-refractivity contribution in [3.8, 4) is 0 Å². The van der Waals surface area contributed by atoms with Crippen LogP contribution in [-0.2, 0) is 14.3 Å². The molecular weight excluding hydrogens is 392 g/mol. The molecule has 1 saturated heterocycles. The zero-order valence-corrected chi connectivity index (χ0v) is 15.6. The van der Waals surface area contributed by atoms with E-state index in [9.17, 15) is 19.2 Å². The van der Waals surface area contributed by atoms with Gasteiger partial charge < -0.3 is 9.64 Å². The number of ether oxygens (including phenoxy) is 1. The lowest BCUT2D eigenvalue weighted by Crippen LogP contribution is -2.33. The Bertz CT molecular complexity index is 897. The number of benzene rings is 1. The molecule has 0 aliphatic carbocycles. The average Bonchev–Trinajstić information content (AvgIpc) is 3.32. The summed E-state index contributed by atoms with van der Waals surface area (Å²) in [5.41, 5.74) is 0.595. The van der Waals surface area contributed by atoms with E-state index in [0.29, 0.717) is 28.6 Å². The molecule has 0 saturated carbocycles. The molecular formula is C18H15ClN2O5S. The van der Waals surface area contributed by atoms with E-state index in [1.54, 1.807) is 17.5 Å². The molecule has 27 heavy (non-hydrogen) atoms. The number of anilines is 1. The molecule has 1 aliphatic rings. The van der Waals surface area contributed by atoms with Gasteiger partial charge in [-0.25, -0.2) is 4.79 Å². The second-order valence-corrected chi connectivity index (χ2v) is 7.10. The van der Waals surface area contributed by atoms with Crippen molar-refractivity contribution in [1.82, 2.24) is 5.32 Å². The summed E-state index contributed by atoms with van der Waals surface area (Å²) in [5.74, 6) is -2.09. The van der Waals surface area contributed by atoms with Gasteiger partial charge in [0.1, 0.15) is 0 Å². The highest BCUT2D eigenvalue weighted by Crippen LogP contribution is 2.30. The van der Waals surface area contributed by atoms with Gasteiger partial charge in [-0.2, -0.15) is 0 Å². The SMILES string of the molecule is O=C(COC(=O)c1ccc(Cl)c(N2CCCC2=O)c1)NC(=O)c1cccs1. The molecule has 1 aromatic carbocycles. The van der Waals surface area contributed by atoms with Crippen LogP contribution in [0.4, 0.5) is 5.69 Å². The highest BCUT2D eigenvalue weighted by molar-refractivity contribution is 7.12. The normalized spacial score (nSPS) is 13.5. The topological polar surface area (TPSA) is 92.8 Å². The summed E-state index contributed by atoms with van der Waals surface area (Å²) < 4.78 is 4.95. The lowest BCUT2D eigenvalue weighted by atomic mass is 10.2. The van der Waals surface area contributed by atoms with Crippen LogP contribution in [0.2, 0.25) is 5.02 Å². The molecule has 2 aromatic rings. The van der Waals surface area contributed by atoms with Crippen molar-refractivity contribution in [2.24, 2.45) is 0 Å². The molecule has 3 rings (SSSR count). The van der Waals surface area contributed by atoms with Crippen LogP contribution >= 0.6 is 22.9 Å². The van der Waals surface area contributed by atoms with Crippen LogP contribution in [0.25, 0.3) is 0 Å². The number of imide groups is 1. The Morgan fingerprint density at radius 1 is 1.26 bits per heavy atom. The fraction of sp³-hybridized carbons (Fsp3) is 0.222. The van der Waals surface area contributed by atoms with Gasteiger partial charge in [0.2, 0.25) is 5.91 Å². The molecule has 0 atom stereocenters. The molecule has 0 radical (unpaired) electrons. The van der Waals surface area contributed by atoms with E-state index in [0.717, 1.165) is 6.42 Å². The first kappa shape index (κ1) is 19.1. The van der Waals surface area contributed by atoms with Crippen molar-refractivity contribution in [3.05, 3.63) is 51.2 Å². The summed E-state index contributed by atoms with van der Waals surface area (Å²) in [6.45, 7) is -0.0686. The summed E-state index contributed by atoms with van der Waals surface area (Å²) in [5, 5.41) is 4.20. The van der Waals surface area contributed by atoms with E-state index < -0.39 is 24.4 Å². The minimum absolute atomic E-state index is 0.0612. The highest BCUT2D eigenvalue weighted by Gasteiger charge is 2.25. The van der Waals surface area contributed by atoms with Crippen molar-refractivity contribution in [3.63, 3.8) is 0 Å². The number of thiophene rings is 1. The molecule has 2 heterocycles. The van der Waals surface area contributed by atoms with Crippen LogP contribution in [0.15, 0.2) is 35.7 Å². The third kappa shape index (κ3) is 4.53. The molecule has 1 aliphatic heterocycles. The molecule has 0 spiro atoms. The quantitative estimate of drug-likeness (QED) is 0.770. The van der Waals surface area contributed by atoms with Gasteiger partial charge in [-0.15, -0.1) is 11.3 Å². The lowest BCUT2D eigenvalue weighted by Gasteiger charge is -2.18.